The van der Waals surface area contributed by atoms with E-state index in [4.69, 9.17) is 0 Å². The summed E-state index contributed by atoms with van der Waals surface area (Å²) in [4.78, 5) is 5.00. The van der Waals surface area contributed by atoms with E-state index in [0.717, 1.165) is 31.1 Å². The van der Waals surface area contributed by atoms with Gasteiger partial charge in [-0.1, -0.05) is 22.9 Å². The van der Waals surface area contributed by atoms with Crippen LogP contribution in [0.3, 0.4) is 0 Å². The van der Waals surface area contributed by atoms with Gasteiger partial charge in [0.05, 0.1) is 0 Å². The van der Waals surface area contributed by atoms with Crippen LogP contribution in [0.4, 0.5) is 0 Å². The van der Waals surface area contributed by atoms with Gasteiger partial charge in [0.1, 0.15) is 12.2 Å². The highest BCUT2D eigenvalue weighted by atomic mass is 79.9. The summed E-state index contributed by atoms with van der Waals surface area (Å²) in [7, 11) is 0. The normalized spacial score (nSPS) is 18.0. The van der Waals surface area contributed by atoms with E-state index in [0.29, 0.717) is 4.83 Å². The molecule has 4 heteroatoms. The van der Waals surface area contributed by atoms with Crippen molar-refractivity contribution in [2.75, 3.05) is 0 Å². The molecule has 1 aliphatic carbocycles. The Morgan fingerprint density at radius 1 is 1.60 bits per heavy atom. The van der Waals surface area contributed by atoms with Crippen LogP contribution in [0.15, 0.2) is 6.33 Å². The van der Waals surface area contributed by atoms with Crippen molar-refractivity contribution >= 4 is 15.9 Å². The summed E-state index contributed by atoms with van der Waals surface area (Å²) < 4.78 is 2.03. The topological polar surface area (TPSA) is 30.7 Å². The lowest BCUT2D eigenvalue weighted by Crippen LogP contribution is -2.09. The molecule has 1 aliphatic rings. The number of aromatic nitrogens is 3. The van der Waals surface area contributed by atoms with Crippen LogP contribution in [0.5, 0.6) is 0 Å². The predicted molar refractivity (Wildman–Crippen MR) is 64.1 cm³/mol. The Balaban J connectivity index is 1.83. The van der Waals surface area contributed by atoms with Crippen molar-refractivity contribution in [1.82, 2.24) is 14.8 Å². The highest BCUT2D eigenvalue weighted by Gasteiger charge is 2.29. The van der Waals surface area contributed by atoms with Crippen molar-refractivity contribution in [3.63, 3.8) is 0 Å². The Kier molecular flexibility index (Phi) is 3.78. The van der Waals surface area contributed by atoms with Gasteiger partial charge in [-0.2, -0.15) is 5.10 Å². The first-order valence-corrected chi connectivity index (χ1v) is 6.73. The number of hydrogen-bond acceptors (Lipinski definition) is 2. The highest BCUT2D eigenvalue weighted by molar-refractivity contribution is 9.09. The fourth-order valence-electron chi connectivity index (χ4n) is 1.84. The highest BCUT2D eigenvalue weighted by Crippen LogP contribution is 2.38. The van der Waals surface area contributed by atoms with E-state index >= 15 is 0 Å². The first-order chi connectivity index (χ1) is 7.31. The smallest absolute Gasteiger partial charge is 0.138 e. The first-order valence-electron chi connectivity index (χ1n) is 5.82. The Morgan fingerprint density at radius 2 is 2.40 bits per heavy atom. The predicted octanol–water partition coefficient (Wildman–Crippen LogP) is 2.79. The molecule has 0 aromatic carbocycles. The standard InChI is InChI=1S/C11H18BrN3/c1-2-7-15-11(13-8-14-15)6-5-10(12)9-3-4-9/h8-10H,2-7H2,1H3. The van der Waals surface area contributed by atoms with Gasteiger partial charge < -0.3 is 0 Å². The zero-order chi connectivity index (χ0) is 10.7. The summed E-state index contributed by atoms with van der Waals surface area (Å²) in [5.74, 6) is 2.06. The molecule has 0 bridgehead atoms. The molecule has 0 radical (unpaired) electrons. The molecule has 15 heavy (non-hydrogen) atoms. The molecule has 0 saturated heterocycles. The van der Waals surface area contributed by atoms with Crippen molar-refractivity contribution in [3.8, 4) is 0 Å². The van der Waals surface area contributed by atoms with Crippen LogP contribution in [0, 0.1) is 5.92 Å². The molecule has 3 nitrogen and oxygen atoms in total. The number of nitrogens with zero attached hydrogens (tertiary/aromatic N) is 3. The zero-order valence-corrected chi connectivity index (χ0v) is 10.8. The average Bonchev–Trinajstić information content (AvgIpc) is 2.99. The minimum atomic E-state index is 0.685. The SMILES string of the molecule is CCCn1ncnc1CCC(Br)C1CC1. The molecular weight excluding hydrogens is 254 g/mol. The third kappa shape index (κ3) is 3.03. The fourth-order valence-corrected chi connectivity index (χ4v) is 2.60. The van der Waals surface area contributed by atoms with E-state index in [1.165, 1.54) is 19.3 Å². The molecule has 1 aromatic heterocycles. The van der Waals surface area contributed by atoms with Gasteiger partial charge in [-0.25, -0.2) is 4.98 Å². The maximum atomic E-state index is 4.32. The minimum Gasteiger partial charge on any atom is -0.250 e. The van der Waals surface area contributed by atoms with Gasteiger partial charge in [-0.15, -0.1) is 0 Å². The third-order valence-corrected chi connectivity index (χ3v) is 4.11. The van der Waals surface area contributed by atoms with Crippen LogP contribution >= 0.6 is 15.9 Å². The van der Waals surface area contributed by atoms with E-state index in [1.807, 2.05) is 4.68 Å². The van der Waals surface area contributed by atoms with Crippen LogP contribution in [0.25, 0.3) is 0 Å². The third-order valence-electron chi connectivity index (χ3n) is 2.91. The number of halogens is 1. The Bertz CT molecular complexity index is 307. The summed E-state index contributed by atoms with van der Waals surface area (Å²) in [6, 6.07) is 0. The fraction of sp³-hybridized carbons (Fsp3) is 0.818. The maximum absolute atomic E-state index is 4.32. The van der Waals surface area contributed by atoms with Gasteiger partial charge >= 0.3 is 0 Å². The van der Waals surface area contributed by atoms with Crippen LogP contribution in [0.1, 0.15) is 38.4 Å². The molecular formula is C11H18BrN3. The Morgan fingerprint density at radius 3 is 3.07 bits per heavy atom. The molecule has 1 aromatic rings. The van der Waals surface area contributed by atoms with Gasteiger partial charge in [0.2, 0.25) is 0 Å². The second-order valence-electron chi connectivity index (χ2n) is 4.29. The number of hydrogen-bond donors (Lipinski definition) is 0. The van der Waals surface area contributed by atoms with Crippen molar-refractivity contribution in [1.29, 1.82) is 0 Å². The van der Waals surface area contributed by atoms with Crippen LogP contribution < -0.4 is 0 Å². The molecule has 1 unspecified atom stereocenters. The number of alkyl halides is 1. The molecule has 1 heterocycles. The van der Waals surface area contributed by atoms with E-state index < -0.39 is 0 Å². The molecule has 1 saturated carbocycles. The van der Waals surface area contributed by atoms with Crippen molar-refractivity contribution in [3.05, 3.63) is 12.2 Å². The lowest BCUT2D eigenvalue weighted by Gasteiger charge is -2.08. The van der Waals surface area contributed by atoms with Gasteiger partial charge in [-0.3, -0.25) is 4.68 Å². The van der Waals surface area contributed by atoms with Gasteiger partial charge in [-0.05, 0) is 31.6 Å². The van der Waals surface area contributed by atoms with Crippen molar-refractivity contribution in [2.45, 2.75) is 50.4 Å². The average molecular weight is 272 g/mol. The molecule has 0 amide bonds. The molecule has 0 aliphatic heterocycles. The first kappa shape index (κ1) is 11.1. The lowest BCUT2D eigenvalue weighted by molar-refractivity contribution is 0.554. The van der Waals surface area contributed by atoms with E-state index in [9.17, 15) is 0 Å². The minimum absolute atomic E-state index is 0.685. The zero-order valence-electron chi connectivity index (χ0n) is 9.19. The largest absolute Gasteiger partial charge is 0.250 e. The second-order valence-corrected chi connectivity index (χ2v) is 5.47. The lowest BCUT2D eigenvalue weighted by atomic mass is 10.1. The van der Waals surface area contributed by atoms with E-state index in [2.05, 4.69) is 32.9 Å². The van der Waals surface area contributed by atoms with Crippen molar-refractivity contribution in [2.24, 2.45) is 5.92 Å². The molecule has 1 atom stereocenters. The van der Waals surface area contributed by atoms with E-state index in [1.54, 1.807) is 6.33 Å². The monoisotopic (exact) mass is 271 g/mol. The second kappa shape index (κ2) is 5.10. The van der Waals surface area contributed by atoms with Crippen molar-refractivity contribution < 1.29 is 0 Å². The molecule has 0 N–H and O–H groups in total. The summed E-state index contributed by atoms with van der Waals surface area (Å²) in [6.07, 6.45) is 7.83. The number of aryl methyl sites for hydroxylation is 2. The molecule has 1 fully saturated rings. The molecule has 0 spiro atoms. The van der Waals surface area contributed by atoms with Crippen LogP contribution in [0.2, 0.25) is 0 Å². The Labute approximate surface area is 99.4 Å². The van der Waals surface area contributed by atoms with Gasteiger partial charge in [0.25, 0.3) is 0 Å². The summed E-state index contributed by atoms with van der Waals surface area (Å²) >= 11 is 3.76. The van der Waals surface area contributed by atoms with Gasteiger partial charge in [0.15, 0.2) is 0 Å². The maximum Gasteiger partial charge on any atom is 0.138 e. The van der Waals surface area contributed by atoms with E-state index in [-0.39, 0.29) is 0 Å². The van der Waals surface area contributed by atoms with Crippen LogP contribution in [-0.2, 0) is 13.0 Å². The molecule has 2 rings (SSSR count). The number of rotatable bonds is 6. The molecule has 84 valence electrons. The Hall–Kier alpha value is -0.380. The van der Waals surface area contributed by atoms with Crippen LogP contribution in [-0.4, -0.2) is 19.6 Å². The summed E-state index contributed by atoms with van der Waals surface area (Å²) in [5, 5.41) is 4.23. The van der Waals surface area contributed by atoms with Gasteiger partial charge in [0, 0.05) is 17.8 Å². The summed E-state index contributed by atoms with van der Waals surface area (Å²) in [6.45, 7) is 3.16. The summed E-state index contributed by atoms with van der Waals surface area (Å²) in [5.41, 5.74) is 0. The quantitative estimate of drug-likeness (QED) is 0.745.